The number of hydrogen-bond acceptors (Lipinski definition) is 5. The standard InChI is InChI=1S/C34H41O5P/c1-7-9-11-19-38-33-26(31(35)28-22(3)15-13-16-23(28)4)21-27(40-37)34(39-20-12-10-8-2)30(33)32(36)29-24(5)17-14-18-25(29)6/h13-18,21H,7-12,19-20H2,1-6H3. The zero-order valence-corrected chi connectivity index (χ0v) is 25.6. The van der Waals surface area contributed by atoms with Crippen molar-refractivity contribution in [2.75, 3.05) is 13.2 Å². The van der Waals surface area contributed by atoms with Gasteiger partial charge in [0.2, 0.25) is 5.78 Å². The summed E-state index contributed by atoms with van der Waals surface area (Å²) < 4.78 is 25.1. The zero-order chi connectivity index (χ0) is 29.2. The summed E-state index contributed by atoms with van der Waals surface area (Å²) in [5, 5.41) is 0.265. The van der Waals surface area contributed by atoms with Gasteiger partial charge in [0.1, 0.15) is 17.1 Å². The largest absolute Gasteiger partial charge is 0.492 e. The molecule has 0 aliphatic carbocycles. The Morgan fingerprint density at radius 1 is 0.650 bits per heavy atom. The van der Waals surface area contributed by atoms with Crippen LogP contribution in [-0.4, -0.2) is 24.8 Å². The van der Waals surface area contributed by atoms with Gasteiger partial charge in [0.05, 0.1) is 24.1 Å². The van der Waals surface area contributed by atoms with Gasteiger partial charge >= 0.3 is 0 Å². The molecule has 0 amide bonds. The molecule has 0 saturated heterocycles. The quantitative estimate of drug-likeness (QED) is 0.106. The van der Waals surface area contributed by atoms with Crippen LogP contribution in [0.15, 0.2) is 42.5 Å². The number of aryl methyl sites for hydroxylation is 4. The third-order valence-electron chi connectivity index (χ3n) is 7.19. The smallest absolute Gasteiger partial charge is 0.201 e. The van der Waals surface area contributed by atoms with E-state index in [-0.39, 0.29) is 48.0 Å². The van der Waals surface area contributed by atoms with Crippen molar-refractivity contribution in [3.05, 3.63) is 87.0 Å². The first-order valence-corrected chi connectivity index (χ1v) is 15.1. The first kappa shape index (κ1) is 31.2. The lowest BCUT2D eigenvalue weighted by Gasteiger charge is -2.22. The normalized spacial score (nSPS) is 11.1. The van der Waals surface area contributed by atoms with Crippen LogP contribution in [0.1, 0.15) is 106 Å². The molecule has 212 valence electrons. The van der Waals surface area contributed by atoms with E-state index in [4.69, 9.17) is 9.47 Å². The van der Waals surface area contributed by atoms with Gasteiger partial charge in [-0.3, -0.25) is 14.2 Å². The third-order valence-corrected chi connectivity index (χ3v) is 7.72. The van der Waals surface area contributed by atoms with Crippen LogP contribution in [0.3, 0.4) is 0 Å². The van der Waals surface area contributed by atoms with Crippen LogP contribution in [0.5, 0.6) is 11.5 Å². The van der Waals surface area contributed by atoms with Gasteiger partial charge in [0, 0.05) is 11.1 Å². The maximum Gasteiger partial charge on any atom is 0.201 e. The van der Waals surface area contributed by atoms with Crippen LogP contribution in [0.4, 0.5) is 0 Å². The molecule has 3 aromatic rings. The van der Waals surface area contributed by atoms with Crippen LogP contribution in [0.2, 0.25) is 0 Å². The fraction of sp³-hybridized carbons (Fsp3) is 0.412. The Kier molecular flexibility index (Phi) is 11.6. The number of carbonyl (C=O) groups excluding carboxylic acids is 2. The lowest BCUT2D eigenvalue weighted by molar-refractivity contribution is 0.102. The summed E-state index contributed by atoms with van der Waals surface area (Å²) in [5.41, 5.74) is 4.75. The summed E-state index contributed by atoms with van der Waals surface area (Å²) in [6, 6.07) is 13.0. The fourth-order valence-electron chi connectivity index (χ4n) is 5.03. The van der Waals surface area contributed by atoms with E-state index in [9.17, 15) is 14.2 Å². The molecular formula is C34H41O5P. The number of rotatable bonds is 15. The van der Waals surface area contributed by atoms with E-state index in [1.165, 1.54) is 0 Å². The second-order valence-electron chi connectivity index (χ2n) is 10.4. The van der Waals surface area contributed by atoms with Crippen LogP contribution >= 0.6 is 8.46 Å². The molecule has 5 nitrogen and oxygen atoms in total. The first-order valence-electron chi connectivity index (χ1n) is 14.3. The van der Waals surface area contributed by atoms with E-state index >= 15 is 0 Å². The van der Waals surface area contributed by atoms with E-state index in [0.29, 0.717) is 24.3 Å². The van der Waals surface area contributed by atoms with E-state index in [0.717, 1.165) is 60.8 Å². The van der Waals surface area contributed by atoms with Crippen molar-refractivity contribution in [2.24, 2.45) is 0 Å². The monoisotopic (exact) mass is 560 g/mol. The summed E-state index contributed by atoms with van der Waals surface area (Å²) >= 11 is 0. The number of ketones is 2. The molecule has 0 radical (unpaired) electrons. The average molecular weight is 561 g/mol. The Bertz CT molecular complexity index is 1330. The molecule has 0 fully saturated rings. The van der Waals surface area contributed by atoms with Crippen molar-refractivity contribution in [2.45, 2.75) is 80.1 Å². The van der Waals surface area contributed by atoms with E-state index in [1.807, 2.05) is 64.1 Å². The molecule has 0 aromatic heterocycles. The molecule has 0 atom stereocenters. The summed E-state index contributed by atoms with van der Waals surface area (Å²) in [6.07, 6.45) is 5.51. The molecule has 0 spiro atoms. The molecule has 0 heterocycles. The Labute approximate surface area is 240 Å². The van der Waals surface area contributed by atoms with Crippen LogP contribution in [0.25, 0.3) is 0 Å². The van der Waals surface area contributed by atoms with Crippen LogP contribution in [0, 0.1) is 27.7 Å². The molecule has 0 aliphatic rings. The second-order valence-corrected chi connectivity index (χ2v) is 11.0. The van der Waals surface area contributed by atoms with Gasteiger partial charge in [0.25, 0.3) is 0 Å². The number of hydrogen-bond donors (Lipinski definition) is 0. The molecule has 40 heavy (non-hydrogen) atoms. The van der Waals surface area contributed by atoms with Crippen molar-refractivity contribution < 1.29 is 23.6 Å². The van der Waals surface area contributed by atoms with E-state index < -0.39 is 0 Å². The lowest BCUT2D eigenvalue weighted by Crippen LogP contribution is -2.20. The number of ether oxygens (including phenoxy) is 2. The first-order chi connectivity index (χ1) is 19.3. The van der Waals surface area contributed by atoms with Crippen LogP contribution < -0.4 is 14.8 Å². The second kappa shape index (κ2) is 14.9. The molecular weight excluding hydrogens is 519 g/mol. The zero-order valence-electron chi connectivity index (χ0n) is 24.7. The Morgan fingerprint density at radius 2 is 1.10 bits per heavy atom. The minimum atomic E-state index is -0.339. The van der Waals surface area contributed by atoms with Gasteiger partial charge in [-0.1, -0.05) is 75.9 Å². The minimum absolute atomic E-state index is 0.167. The lowest BCUT2D eigenvalue weighted by atomic mass is 9.89. The molecule has 0 N–H and O–H groups in total. The molecule has 3 aromatic carbocycles. The van der Waals surface area contributed by atoms with Gasteiger partial charge < -0.3 is 9.47 Å². The summed E-state index contributed by atoms with van der Waals surface area (Å²) in [6.45, 7) is 12.5. The highest BCUT2D eigenvalue weighted by Crippen LogP contribution is 2.38. The SMILES string of the molecule is CCCCCOc1c(P=O)cc(C(=O)c2c(C)cccc2C)c(OCCCCC)c1C(=O)c1c(C)cccc1C. The topological polar surface area (TPSA) is 69.7 Å². The maximum atomic E-state index is 14.4. The molecule has 0 bridgehead atoms. The Morgan fingerprint density at radius 3 is 1.55 bits per heavy atom. The number of carbonyl (C=O) groups is 2. The predicted molar refractivity (Wildman–Crippen MR) is 162 cm³/mol. The average Bonchev–Trinajstić information content (AvgIpc) is 2.92. The maximum absolute atomic E-state index is 14.4. The van der Waals surface area contributed by atoms with Crippen molar-refractivity contribution >= 4 is 25.3 Å². The summed E-state index contributed by atoms with van der Waals surface area (Å²) in [7, 11) is -0.339. The van der Waals surface area contributed by atoms with Gasteiger partial charge in [-0.25, -0.2) is 0 Å². The van der Waals surface area contributed by atoms with Gasteiger partial charge in [-0.15, -0.1) is 0 Å². The molecule has 3 rings (SSSR count). The number of benzene rings is 3. The fourth-order valence-corrected chi connectivity index (χ4v) is 5.47. The van der Waals surface area contributed by atoms with Gasteiger partial charge in [0.15, 0.2) is 14.2 Å². The predicted octanol–water partition coefficient (Wildman–Crippen LogP) is 8.44. The highest BCUT2D eigenvalue weighted by Gasteiger charge is 2.32. The van der Waals surface area contributed by atoms with Crippen molar-refractivity contribution in [1.82, 2.24) is 0 Å². The third kappa shape index (κ3) is 7.06. The Balaban J connectivity index is 2.35. The van der Waals surface area contributed by atoms with Gasteiger partial charge in [-0.2, -0.15) is 0 Å². The van der Waals surface area contributed by atoms with Crippen molar-refractivity contribution in [1.29, 1.82) is 0 Å². The van der Waals surface area contributed by atoms with Crippen molar-refractivity contribution in [3.8, 4) is 11.5 Å². The van der Waals surface area contributed by atoms with E-state index in [1.54, 1.807) is 6.07 Å². The van der Waals surface area contributed by atoms with Crippen molar-refractivity contribution in [3.63, 3.8) is 0 Å². The summed E-state index contributed by atoms with van der Waals surface area (Å²) in [4.78, 5) is 28.6. The Hall–Kier alpha value is -3.30. The summed E-state index contributed by atoms with van der Waals surface area (Å²) in [5.74, 6) is -0.134. The molecule has 6 heteroatoms. The number of unbranched alkanes of at least 4 members (excludes halogenated alkanes) is 4. The molecule has 0 saturated carbocycles. The highest BCUT2D eigenvalue weighted by atomic mass is 31.1. The van der Waals surface area contributed by atoms with E-state index in [2.05, 4.69) is 13.8 Å². The molecule has 0 aliphatic heterocycles. The van der Waals surface area contributed by atoms with Crippen LogP contribution in [-0.2, 0) is 4.57 Å². The highest BCUT2D eigenvalue weighted by molar-refractivity contribution is 7.34. The van der Waals surface area contributed by atoms with Gasteiger partial charge in [-0.05, 0) is 68.9 Å². The molecule has 0 unspecified atom stereocenters. The minimum Gasteiger partial charge on any atom is -0.492 e.